The van der Waals surface area contributed by atoms with Gasteiger partial charge in [-0.25, -0.2) is 9.97 Å². The lowest BCUT2D eigenvalue weighted by Crippen LogP contribution is -2.41. The van der Waals surface area contributed by atoms with E-state index in [4.69, 9.17) is 11.6 Å². The minimum absolute atomic E-state index is 0.540. The van der Waals surface area contributed by atoms with Crippen LogP contribution in [0.4, 0.5) is 5.82 Å². The maximum Gasteiger partial charge on any atom is 0.126 e. The first-order valence-electron chi connectivity index (χ1n) is 11.4. The predicted molar refractivity (Wildman–Crippen MR) is 131 cm³/mol. The van der Waals surface area contributed by atoms with E-state index in [0.29, 0.717) is 6.04 Å². The molecule has 1 unspecified atom stereocenters. The number of hydrogen-bond donors (Lipinski definition) is 1. The van der Waals surface area contributed by atoms with E-state index >= 15 is 0 Å². The topological polar surface area (TPSA) is 41.1 Å². The number of halogens is 1. The number of nitrogens with one attached hydrogen (secondary N) is 1. The van der Waals surface area contributed by atoms with E-state index in [2.05, 4.69) is 38.9 Å². The molecule has 2 heterocycles. The van der Waals surface area contributed by atoms with Crippen molar-refractivity contribution < 1.29 is 0 Å². The minimum atomic E-state index is 0.540. The molecule has 2 fully saturated rings. The van der Waals surface area contributed by atoms with Crippen molar-refractivity contribution >= 4 is 17.4 Å². The molecule has 1 aromatic carbocycles. The molecule has 2 saturated carbocycles. The molecule has 0 amide bonds. The molecule has 1 atom stereocenters. The fraction of sp³-hybridized carbons (Fsp3) is 0.333. The predicted octanol–water partition coefficient (Wildman–Crippen LogP) is 5.62. The Bertz CT molecular complexity index is 1090. The number of nitrogens with zero attached hydrogens (tertiary/aromatic N) is 3. The van der Waals surface area contributed by atoms with Crippen LogP contribution in [0.2, 0.25) is 5.02 Å². The highest BCUT2D eigenvalue weighted by Crippen LogP contribution is 2.38. The molecular weight excluding hydrogens is 416 g/mol. The van der Waals surface area contributed by atoms with Gasteiger partial charge in [0, 0.05) is 53.2 Å². The Morgan fingerprint density at radius 2 is 1.62 bits per heavy atom. The zero-order chi connectivity index (χ0) is 21.9. The summed E-state index contributed by atoms with van der Waals surface area (Å²) < 4.78 is 0. The van der Waals surface area contributed by atoms with Gasteiger partial charge in [-0.3, -0.25) is 4.90 Å². The van der Waals surface area contributed by atoms with Gasteiger partial charge in [0.05, 0.1) is 0 Å². The van der Waals surface area contributed by atoms with E-state index in [1.54, 1.807) is 0 Å². The molecule has 162 valence electrons. The molecule has 1 N–H and O–H groups in total. The Morgan fingerprint density at radius 3 is 2.22 bits per heavy atom. The van der Waals surface area contributed by atoms with E-state index in [0.717, 1.165) is 51.9 Å². The Balaban J connectivity index is 1.17. The quantitative estimate of drug-likeness (QED) is 0.482. The number of anilines is 1. The largest absolute Gasteiger partial charge is 0.369 e. The Kier molecular flexibility index (Phi) is 6.12. The standard InChI is InChI=1S/C27H27ClN4/c1-19(32(25-11-12-25)26-13-14-26)16-30-27-15-3-20(17-31-27)2-9-24-10-6-22(18-29-24)21-4-7-23(28)8-5-21/h3-8,10,15,17-19,25-26H,11-14,16H2,1H3,(H,30,31). The monoisotopic (exact) mass is 442 g/mol. The van der Waals surface area contributed by atoms with Crippen molar-refractivity contribution in [3.63, 3.8) is 0 Å². The highest BCUT2D eigenvalue weighted by Gasteiger charge is 2.41. The van der Waals surface area contributed by atoms with Crippen LogP contribution in [0.3, 0.4) is 0 Å². The number of pyridine rings is 2. The molecule has 0 bridgehead atoms. The fourth-order valence-corrected chi connectivity index (χ4v) is 4.24. The Labute approximate surface area is 195 Å². The third-order valence-electron chi connectivity index (χ3n) is 6.06. The summed E-state index contributed by atoms with van der Waals surface area (Å²) in [5.74, 6) is 7.18. The summed E-state index contributed by atoms with van der Waals surface area (Å²) in [5, 5.41) is 4.22. The minimum Gasteiger partial charge on any atom is -0.369 e. The van der Waals surface area contributed by atoms with E-state index < -0.39 is 0 Å². The van der Waals surface area contributed by atoms with Crippen LogP contribution >= 0.6 is 11.6 Å². The van der Waals surface area contributed by atoms with Gasteiger partial charge in [0.15, 0.2) is 0 Å². The van der Waals surface area contributed by atoms with E-state index in [1.807, 2.05) is 60.9 Å². The summed E-state index contributed by atoms with van der Waals surface area (Å²) in [6.07, 6.45) is 9.13. The molecule has 3 aromatic rings. The summed E-state index contributed by atoms with van der Waals surface area (Å²) in [6, 6.07) is 17.9. The molecule has 0 saturated heterocycles. The summed E-state index contributed by atoms with van der Waals surface area (Å²) in [7, 11) is 0. The van der Waals surface area contributed by atoms with Gasteiger partial charge in [0.2, 0.25) is 0 Å². The van der Waals surface area contributed by atoms with Gasteiger partial charge in [0.25, 0.3) is 0 Å². The molecule has 2 aliphatic rings. The van der Waals surface area contributed by atoms with E-state index in [-0.39, 0.29) is 0 Å². The van der Waals surface area contributed by atoms with Crippen molar-refractivity contribution in [1.29, 1.82) is 0 Å². The maximum atomic E-state index is 5.96. The van der Waals surface area contributed by atoms with Gasteiger partial charge in [-0.05, 0) is 74.4 Å². The first kappa shape index (κ1) is 21.0. The second kappa shape index (κ2) is 9.32. The number of rotatable bonds is 7. The smallest absolute Gasteiger partial charge is 0.126 e. The van der Waals surface area contributed by atoms with Crippen LogP contribution in [0, 0.1) is 11.8 Å². The van der Waals surface area contributed by atoms with Gasteiger partial charge >= 0.3 is 0 Å². The first-order valence-corrected chi connectivity index (χ1v) is 11.7. The molecular formula is C27H27ClN4. The fourth-order valence-electron chi connectivity index (χ4n) is 4.11. The lowest BCUT2D eigenvalue weighted by molar-refractivity contribution is 0.195. The van der Waals surface area contributed by atoms with Crippen molar-refractivity contribution in [1.82, 2.24) is 14.9 Å². The molecule has 0 radical (unpaired) electrons. The average molecular weight is 443 g/mol. The van der Waals surface area contributed by atoms with Gasteiger partial charge in [-0.2, -0.15) is 0 Å². The summed E-state index contributed by atoms with van der Waals surface area (Å²) in [4.78, 5) is 11.7. The molecule has 5 heteroatoms. The zero-order valence-electron chi connectivity index (χ0n) is 18.3. The van der Waals surface area contributed by atoms with E-state index in [1.165, 1.54) is 25.7 Å². The number of hydrogen-bond acceptors (Lipinski definition) is 4. The second-order valence-corrected chi connectivity index (χ2v) is 9.20. The van der Waals surface area contributed by atoms with Gasteiger partial charge in [-0.15, -0.1) is 0 Å². The maximum absolute atomic E-state index is 5.96. The molecule has 0 spiro atoms. The van der Waals surface area contributed by atoms with Gasteiger partial charge in [0.1, 0.15) is 11.5 Å². The molecule has 5 rings (SSSR count). The lowest BCUT2D eigenvalue weighted by atomic mass is 10.1. The van der Waals surface area contributed by atoms with Crippen LogP contribution in [0.5, 0.6) is 0 Å². The third kappa shape index (κ3) is 5.30. The molecule has 32 heavy (non-hydrogen) atoms. The molecule has 4 nitrogen and oxygen atoms in total. The Morgan fingerprint density at radius 1 is 0.906 bits per heavy atom. The SMILES string of the molecule is CC(CNc1ccc(C#Cc2ccc(-c3ccc(Cl)cc3)cn2)cn1)N(C1CC1)C1CC1. The summed E-state index contributed by atoms with van der Waals surface area (Å²) in [6.45, 7) is 3.25. The summed E-state index contributed by atoms with van der Waals surface area (Å²) in [5.41, 5.74) is 3.74. The van der Waals surface area contributed by atoms with Crippen molar-refractivity contribution in [3.8, 4) is 23.0 Å². The molecule has 2 aromatic heterocycles. The Hall–Kier alpha value is -2.87. The number of aromatic nitrogens is 2. The summed E-state index contributed by atoms with van der Waals surface area (Å²) >= 11 is 5.96. The van der Waals surface area contributed by atoms with Gasteiger partial charge < -0.3 is 5.32 Å². The number of benzene rings is 1. The van der Waals surface area contributed by atoms with Crippen molar-refractivity contribution in [2.45, 2.75) is 50.7 Å². The van der Waals surface area contributed by atoms with Crippen LogP contribution < -0.4 is 5.32 Å². The van der Waals surface area contributed by atoms with Crippen LogP contribution in [0.1, 0.15) is 43.9 Å². The van der Waals surface area contributed by atoms with Crippen LogP contribution in [0.15, 0.2) is 60.9 Å². The van der Waals surface area contributed by atoms with Crippen molar-refractivity contribution in [2.24, 2.45) is 0 Å². The van der Waals surface area contributed by atoms with Crippen LogP contribution in [-0.2, 0) is 0 Å². The molecule has 2 aliphatic carbocycles. The lowest BCUT2D eigenvalue weighted by Gasteiger charge is -2.29. The second-order valence-electron chi connectivity index (χ2n) is 8.76. The highest BCUT2D eigenvalue weighted by atomic mass is 35.5. The van der Waals surface area contributed by atoms with E-state index in [9.17, 15) is 0 Å². The normalized spacial score (nSPS) is 16.3. The average Bonchev–Trinajstić information content (AvgIpc) is 3.74. The molecule has 0 aliphatic heterocycles. The zero-order valence-corrected chi connectivity index (χ0v) is 19.0. The van der Waals surface area contributed by atoms with Gasteiger partial charge in [-0.1, -0.05) is 35.7 Å². The van der Waals surface area contributed by atoms with Crippen LogP contribution in [-0.4, -0.2) is 39.5 Å². The van der Waals surface area contributed by atoms with Crippen molar-refractivity contribution in [3.05, 3.63) is 77.2 Å². The third-order valence-corrected chi connectivity index (χ3v) is 6.32. The van der Waals surface area contributed by atoms with Crippen molar-refractivity contribution in [2.75, 3.05) is 11.9 Å². The first-order chi connectivity index (χ1) is 15.7. The van der Waals surface area contributed by atoms with Crippen LogP contribution in [0.25, 0.3) is 11.1 Å². The highest BCUT2D eigenvalue weighted by molar-refractivity contribution is 6.30.